The number of nitrogens with one attached hydrogen (secondary N) is 1. The van der Waals surface area contributed by atoms with Gasteiger partial charge in [0.1, 0.15) is 5.82 Å². The van der Waals surface area contributed by atoms with E-state index in [4.69, 9.17) is 0 Å². The molecule has 1 fully saturated rings. The summed E-state index contributed by atoms with van der Waals surface area (Å²) >= 11 is 0. The lowest BCUT2D eigenvalue weighted by molar-refractivity contribution is 0.145. The third-order valence-electron chi connectivity index (χ3n) is 3.94. The van der Waals surface area contributed by atoms with Crippen molar-refractivity contribution >= 4 is 5.69 Å². The summed E-state index contributed by atoms with van der Waals surface area (Å²) in [5.74, 6) is -2.65. The van der Waals surface area contributed by atoms with Gasteiger partial charge in [0.15, 0.2) is 11.6 Å². The van der Waals surface area contributed by atoms with Crippen LogP contribution in [-0.2, 0) is 0 Å². The van der Waals surface area contributed by atoms with Gasteiger partial charge in [-0.25, -0.2) is 13.2 Å². The van der Waals surface area contributed by atoms with Crippen LogP contribution in [0.25, 0.3) is 0 Å². The Morgan fingerprint density at radius 2 is 1.89 bits per heavy atom. The van der Waals surface area contributed by atoms with Gasteiger partial charge in [-0.15, -0.1) is 0 Å². The quantitative estimate of drug-likeness (QED) is 0.831. The van der Waals surface area contributed by atoms with Crippen LogP contribution in [0.2, 0.25) is 0 Å². The number of anilines is 1. The van der Waals surface area contributed by atoms with E-state index in [1.807, 2.05) is 14.0 Å². The first-order chi connectivity index (χ1) is 8.88. The Hall–Kier alpha value is -1.23. The van der Waals surface area contributed by atoms with Gasteiger partial charge in [0.05, 0.1) is 5.69 Å². The van der Waals surface area contributed by atoms with Crippen LogP contribution in [0.5, 0.6) is 0 Å². The number of rotatable bonds is 2. The van der Waals surface area contributed by atoms with E-state index in [9.17, 15) is 13.2 Å². The zero-order valence-corrected chi connectivity index (χ0v) is 11.4. The molecule has 1 saturated heterocycles. The molecule has 106 valence electrons. The van der Waals surface area contributed by atoms with Crippen LogP contribution >= 0.6 is 0 Å². The highest BCUT2D eigenvalue weighted by Gasteiger charge is 2.29. The molecule has 1 aliphatic heterocycles. The summed E-state index contributed by atoms with van der Waals surface area (Å²) in [6.45, 7) is 5.01. The van der Waals surface area contributed by atoms with E-state index in [-0.39, 0.29) is 17.6 Å². The maximum Gasteiger partial charge on any atom is 0.182 e. The van der Waals surface area contributed by atoms with Gasteiger partial charge in [-0.1, -0.05) is 6.92 Å². The molecule has 0 bridgehead atoms. The molecule has 5 heteroatoms. The molecule has 1 heterocycles. The van der Waals surface area contributed by atoms with Crippen LogP contribution in [0.15, 0.2) is 12.1 Å². The van der Waals surface area contributed by atoms with Crippen molar-refractivity contribution in [1.82, 2.24) is 4.90 Å². The second-order valence-electron chi connectivity index (χ2n) is 5.50. The molecule has 2 rings (SSSR count). The standard InChI is InChI=1S/C14H19F3N2/c1-8-7-19(3)9(2)4-12(8)18-13-6-10(15)5-11(16)14(13)17/h5-6,8-9,12,18H,4,7H2,1-3H3. The van der Waals surface area contributed by atoms with Crippen molar-refractivity contribution in [3.8, 4) is 0 Å². The van der Waals surface area contributed by atoms with Crippen LogP contribution in [0.3, 0.4) is 0 Å². The Morgan fingerprint density at radius 1 is 1.21 bits per heavy atom. The maximum absolute atomic E-state index is 13.6. The molecule has 0 spiro atoms. The highest BCUT2D eigenvalue weighted by molar-refractivity contribution is 5.46. The number of piperidine rings is 1. The van der Waals surface area contributed by atoms with Gasteiger partial charge in [-0.2, -0.15) is 0 Å². The number of halogens is 3. The van der Waals surface area contributed by atoms with Crippen LogP contribution < -0.4 is 5.32 Å². The smallest absolute Gasteiger partial charge is 0.182 e. The van der Waals surface area contributed by atoms with Gasteiger partial charge >= 0.3 is 0 Å². The molecule has 3 unspecified atom stereocenters. The van der Waals surface area contributed by atoms with Gasteiger partial charge in [0.25, 0.3) is 0 Å². The largest absolute Gasteiger partial charge is 0.379 e. The summed E-state index contributed by atoms with van der Waals surface area (Å²) in [5.41, 5.74) is -0.0916. The number of benzene rings is 1. The van der Waals surface area contributed by atoms with Crippen molar-refractivity contribution in [2.24, 2.45) is 5.92 Å². The number of nitrogens with zero attached hydrogens (tertiary/aromatic N) is 1. The monoisotopic (exact) mass is 272 g/mol. The first kappa shape index (κ1) is 14.2. The van der Waals surface area contributed by atoms with E-state index < -0.39 is 17.5 Å². The summed E-state index contributed by atoms with van der Waals surface area (Å²) in [4.78, 5) is 2.23. The number of hydrogen-bond donors (Lipinski definition) is 1. The minimum Gasteiger partial charge on any atom is -0.379 e. The van der Waals surface area contributed by atoms with Gasteiger partial charge in [-0.3, -0.25) is 0 Å². The molecule has 1 aromatic carbocycles. The summed E-state index contributed by atoms with van der Waals surface area (Å²) in [6, 6.07) is 1.94. The van der Waals surface area contributed by atoms with E-state index >= 15 is 0 Å². The second kappa shape index (κ2) is 5.41. The van der Waals surface area contributed by atoms with Crippen LogP contribution in [0, 0.1) is 23.4 Å². The van der Waals surface area contributed by atoms with Crippen molar-refractivity contribution < 1.29 is 13.2 Å². The van der Waals surface area contributed by atoms with Crippen molar-refractivity contribution in [2.45, 2.75) is 32.4 Å². The van der Waals surface area contributed by atoms with Crippen molar-refractivity contribution in [1.29, 1.82) is 0 Å². The zero-order valence-electron chi connectivity index (χ0n) is 11.4. The van der Waals surface area contributed by atoms with Gasteiger partial charge in [0.2, 0.25) is 0 Å². The minimum absolute atomic E-state index is 0.0156. The third-order valence-corrected chi connectivity index (χ3v) is 3.94. The van der Waals surface area contributed by atoms with E-state index in [1.54, 1.807) is 0 Å². The minimum atomic E-state index is -1.16. The maximum atomic E-state index is 13.6. The molecule has 1 N–H and O–H groups in total. The molecule has 1 aliphatic rings. The van der Waals surface area contributed by atoms with Crippen molar-refractivity contribution in [3.05, 3.63) is 29.6 Å². The molecule has 0 radical (unpaired) electrons. The third kappa shape index (κ3) is 3.03. The highest BCUT2D eigenvalue weighted by atomic mass is 19.2. The molecule has 2 nitrogen and oxygen atoms in total. The lowest BCUT2D eigenvalue weighted by atomic mass is 9.89. The van der Waals surface area contributed by atoms with Gasteiger partial charge < -0.3 is 10.2 Å². The first-order valence-corrected chi connectivity index (χ1v) is 6.49. The Bertz CT molecular complexity index is 464. The first-order valence-electron chi connectivity index (χ1n) is 6.49. The molecule has 19 heavy (non-hydrogen) atoms. The number of hydrogen-bond acceptors (Lipinski definition) is 2. The lowest BCUT2D eigenvalue weighted by Crippen LogP contribution is -2.48. The molecule has 0 saturated carbocycles. The molecule has 1 aromatic rings. The fourth-order valence-electron chi connectivity index (χ4n) is 2.60. The average Bonchev–Trinajstić information content (AvgIpc) is 2.32. The Morgan fingerprint density at radius 3 is 2.58 bits per heavy atom. The summed E-state index contributed by atoms with van der Waals surface area (Å²) in [6.07, 6.45) is 0.815. The fourth-order valence-corrected chi connectivity index (χ4v) is 2.60. The van der Waals surface area contributed by atoms with Gasteiger partial charge in [0, 0.05) is 30.8 Å². The molecule has 0 aromatic heterocycles. The van der Waals surface area contributed by atoms with Crippen molar-refractivity contribution in [2.75, 3.05) is 18.9 Å². The molecular weight excluding hydrogens is 253 g/mol. The Kier molecular flexibility index (Phi) is 4.04. The predicted octanol–water partition coefficient (Wildman–Crippen LogP) is 3.24. The predicted molar refractivity (Wildman–Crippen MR) is 69.6 cm³/mol. The summed E-state index contributed by atoms with van der Waals surface area (Å²) in [5, 5.41) is 2.95. The van der Waals surface area contributed by atoms with Crippen LogP contribution in [0.4, 0.5) is 18.9 Å². The fraction of sp³-hybridized carbons (Fsp3) is 0.571. The summed E-state index contributed by atoms with van der Waals surface area (Å²) in [7, 11) is 2.04. The Labute approximate surface area is 111 Å². The SMILES string of the molecule is CC1CN(C)C(C)CC1Nc1cc(F)cc(F)c1F. The molecule has 0 aliphatic carbocycles. The zero-order chi connectivity index (χ0) is 14.2. The topological polar surface area (TPSA) is 15.3 Å². The van der Waals surface area contributed by atoms with E-state index in [2.05, 4.69) is 17.1 Å². The van der Waals surface area contributed by atoms with E-state index in [0.29, 0.717) is 12.1 Å². The van der Waals surface area contributed by atoms with E-state index in [0.717, 1.165) is 19.0 Å². The molecule has 0 amide bonds. The normalized spacial score (nSPS) is 28.4. The van der Waals surface area contributed by atoms with Gasteiger partial charge in [-0.05, 0) is 26.3 Å². The molecular formula is C14H19F3N2. The second-order valence-corrected chi connectivity index (χ2v) is 5.50. The average molecular weight is 272 g/mol. The van der Waals surface area contributed by atoms with E-state index in [1.165, 1.54) is 0 Å². The highest BCUT2D eigenvalue weighted by Crippen LogP contribution is 2.27. The summed E-state index contributed by atoms with van der Waals surface area (Å²) < 4.78 is 39.9. The Balaban J connectivity index is 2.17. The van der Waals surface area contributed by atoms with Crippen LogP contribution in [-0.4, -0.2) is 30.6 Å². The molecule has 3 atom stereocenters. The van der Waals surface area contributed by atoms with Crippen LogP contribution in [0.1, 0.15) is 20.3 Å². The lowest BCUT2D eigenvalue weighted by Gasteiger charge is -2.40. The number of likely N-dealkylation sites (tertiary alicyclic amines) is 1. The van der Waals surface area contributed by atoms with Crippen molar-refractivity contribution in [3.63, 3.8) is 0 Å².